The fourth-order valence-electron chi connectivity index (χ4n) is 4.05. The highest BCUT2D eigenvalue weighted by molar-refractivity contribution is 7.86. The topological polar surface area (TPSA) is 46.6 Å². The third-order valence-corrected chi connectivity index (χ3v) is 7.02. The Kier molecular flexibility index (Phi) is 7.88. The number of rotatable bonds is 10. The van der Waals surface area contributed by atoms with Crippen LogP contribution in [0.25, 0.3) is 0 Å². The number of likely N-dealkylation sites (N-methyl/N-ethyl adjacent to an activating group) is 1. The van der Waals surface area contributed by atoms with Gasteiger partial charge in [-0.1, -0.05) is 78.4 Å². The van der Waals surface area contributed by atoms with Gasteiger partial charge in [-0.15, -0.1) is 0 Å². The van der Waals surface area contributed by atoms with Gasteiger partial charge < -0.3 is 4.90 Å². The van der Waals surface area contributed by atoms with Crippen molar-refractivity contribution in [2.24, 2.45) is 0 Å². The van der Waals surface area contributed by atoms with Crippen molar-refractivity contribution in [3.63, 3.8) is 0 Å². The first-order chi connectivity index (χ1) is 15.2. The molecule has 0 unspecified atom stereocenters. The summed E-state index contributed by atoms with van der Waals surface area (Å²) in [6, 6.07) is 27.8. The van der Waals surface area contributed by atoms with Gasteiger partial charge in [-0.2, -0.15) is 8.42 Å². The van der Waals surface area contributed by atoms with Crippen molar-refractivity contribution in [2.45, 2.75) is 43.6 Å². The molecule has 0 saturated heterocycles. The molecule has 3 aromatic rings. The van der Waals surface area contributed by atoms with Crippen molar-refractivity contribution in [1.29, 1.82) is 0 Å². The smallest absolute Gasteiger partial charge is 0.297 e. The molecule has 0 N–H and O–H groups in total. The van der Waals surface area contributed by atoms with E-state index in [9.17, 15) is 8.42 Å². The van der Waals surface area contributed by atoms with Gasteiger partial charge in [0.2, 0.25) is 0 Å². The van der Waals surface area contributed by atoms with Gasteiger partial charge in [0.1, 0.15) is 0 Å². The summed E-state index contributed by atoms with van der Waals surface area (Å²) < 4.78 is 31.1. The lowest BCUT2D eigenvalue weighted by Crippen LogP contribution is -2.41. The Morgan fingerprint density at radius 3 is 1.84 bits per heavy atom. The van der Waals surface area contributed by atoms with Crippen molar-refractivity contribution < 1.29 is 12.6 Å². The maximum atomic E-state index is 12.7. The lowest BCUT2D eigenvalue weighted by molar-refractivity contribution is 0.0752. The highest BCUT2D eigenvalue weighted by atomic mass is 32.2. The average Bonchev–Trinajstić information content (AvgIpc) is 2.74. The second-order valence-corrected chi connectivity index (χ2v) is 10.6. The van der Waals surface area contributed by atoms with E-state index in [1.165, 1.54) is 11.1 Å². The van der Waals surface area contributed by atoms with E-state index in [-0.39, 0.29) is 10.8 Å². The van der Waals surface area contributed by atoms with Crippen LogP contribution in [0.5, 0.6) is 0 Å². The van der Waals surface area contributed by atoms with Crippen molar-refractivity contribution >= 4 is 10.1 Å². The largest absolute Gasteiger partial charge is 0.303 e. The molecule has 0 aliphatic rings. The Morgan fingerprint density at radius 2 is 1.34 bits per heavy atom. The predicted octanol–water partition coefficient (Wildman–Crippen LogP) is 5.63. The summed E-state index contributed by atoms with van der Waals surface area (Å²) in [5.74, 6) is 0.278. The van der Waals surface area contributed by atoms with Crippen LogP contribution in [0, 0.1) is 6.92 Å². The van der Waals surface area contributed by atoms with Crippen LogP contribution >= 0.6 is 0 Å². The van der Waals surface area contributed by atoms with Gasteiger partial charge in [-0.25, -0.2) is 0 Å². The third kappa shape index (κ3) is 6.76. The Balaban J connectivity index is 1.65. The normalized spacial score (nSPS) is 12.4. The number of benzene rings is 3. The summed E-state index contributed by atoms with van der Waals surface area (Å²) in [6.45, 7) is 6.87. The van der Waals surface area contributed by atoms with Crippen LogP contribution in [0.2, 0.25) is 0 Å². The van der Waals surface area contributed by atoms with E-state index in [2.05, 4.69) is 53.4 Å². The molecule has 3 aromatic carbocycles. The maximum Gasteiger partial charge on any atom is 0.297 e. The fraction of sp³-hybridized carbons (Fsp3) is 0.333. The van der Waals surface area contributed by atoms with E-state index in [0.717, 1.165) is 18.5 Å². The minimum absolute atomic E-state index is 0.187. The quantitative estimate of drug-likeness (QED) is 0.375. The van der Waals surface area contributed by atoms with Crippen LogP contribution in [-0.2, 0) is 14.3 Å². The van der Waals surface area contributed by atoms with Crippen LogP contribution in [-0.4, -0.2) is 39.1 Å². The number of hydrogen-bond acceptors (Lipinski definition) is 4. The van der Waals surface area contributed by atoms with Crippen LogP contribution in [0.15, 0.2) is 89.8 Å². The van der Waals surface area contributed by atoms with E-state index in [1.807, 2.05) is 40.0 Å². The van der Waals surface area contributed by atoms with Gasteiger partial charge in [0.15, 0.2) is 0 Å². The first-order valence-corrected chi connectivity index (χ1v) is 12.4. The summed E-state index contributed by atoms with van der Waals surface area (Å²) in [5, 5.41) is 0. The van der Waals surface area contributed by atoms with Crippen LogP contribution in [0.4, 0.5) is 0 Å². The number of nitrogens with zero attached hydrogens (tertiary/aromatic N) is 1. The van der Waals surface area contributed by atoms with Crippen LogP contribution in [0.3, 0.4) is 0 Å². The molecule has 0 atom stereocenters. The summed E-state index contributed by atoms with van der Waals surface area (Å²) in [5.41, 5.74) is 2.72. The molecule has 0 heterocycles. The zero-order valence-electron chi connectivity index (χ0n) is 19.4. The molecule has 0 amide bonds. The molecule has 0 fully saturated rings. The molecular formula is C27H33NO3S. The van der Waals surface area contributed by atoms with Gasteiger partial charge in [0, 0.05) is 12.5 Å². The van der Waals surface area contributed by atoms with Crippen molar-refractivity contribution in [2.75, 3.05) is 20.1 Å². The molecule has 0 spiro atoms. The van der Waals surface area contributed by atoms with Gasteiger partial charge in [0.25, 0.3) is 10.1 Å². The second-order valence-electron chi connectivity index (χ2n) is 9.01. The van der Waals surface area contributed by atoms with Gasteiger partial charge in [-0.3, -0.25) is 4.18 Å². The van der Waals surface area contributed by atoms with Crippen molar-refractivity contribution in [1.82, 2.24) is 4.90 Å². The molecule has 0 aromatic heterocycles. The third-order valence-electron chi connectivity index (χ3n) is 5.50. The van der Waals surface area contributed by atoms with E-state index in [0.29, 0.717) is 6.54 Å². The Bertz CT molecular complexity index is 1040. The van der Waals surface area contributed by atoms with Gasteiger partial charge in [-0.05, 0) is 64.0 Å². The molecule has 0 radical (unpaired) electrons. The molecule has 4 nitrogen and oxygen atoms in total. The monoisotopic (exact) mass is 451 g/mol. The number of hydrogen-bond donors (Lipinski definition) is 0. The van der Waals surface area contributed by atoms with Crippen molar-refractivity contribution in [3.8, 4) is 0 Å². The zero-order valence-corrected chi connectivity index (χ0v) is 20.2. The maximum absolute atomic E-state index is 12.7. The molecule has 0 saturated carbocycles. The Hall–Kier alpha value is -2.47. The fourth-order valence-corrected chi connectivity index (χ4v) is 5.26. The summed E-state index contributed by atoms with van der Waals surface area (Å²) in [4.78, 5) is 2.33. The molecule has 0 aliphatic carbocycles. The molecular weight excluding hydrogens is 418 g/mol. The van der Waals surface area contributed by atoms with Crippen LogP contribution < -0.4 is 0 Å². The van der Waals surface area contributed by atoms with E-state index >= 15 is 0 Å². The minimum atomic E-state index is -3.82. The minimum Gasteiger partial charge on any atom is -0.303 e. The first-order valence-electron chi connectivity index (χ1n) is 11.0. The first kappa shape index (κ1) is 24.2. The summed E-state index contributed by atoms with van der Waals surface area (Å²) in [7, 11) is -1.81. The standard InChI is InChI=1S/C27H33NO3S/c1-22-15-17-25(18-16-22)32(29,30)31-27(2,3)21-28(4)20-19-26(23-11-7-5-8-12-23)24-13-9-6-10-14-24/h5-18,26H,19-21H2,1-4H3. The highest BCUT2D eigenvalue weighted by Crippen LogP contribution is 2.28. The second kappa shape index (κ2) is 10.4. The molecule has 32 heavy (non-hydrogen) atoms. The SMILES string of the molecule is Cc1ccc(S(=O)(=O)OC(C)(C)CN(C)CCC(c2ccccc2)c2ccccc2)cc1. The lowest BCUT2D eigenvalue weighted by atomic mass is 9.88. The molecule has 0 bridgehead atoms. The lowest BCUT2D eigenvalue weighted by Gasteiger charge is -2.30. The van der Waals surface area contributed by atoms with E-state index in [4.69, 9.17) is 4.18 Å². The van der Waals surface area contributed by atoms with E-state index in [1.54, 1.807) is 24.3 Å². The van der Waals surface area contributed by atoms with Crippen LogP contribution in [0.1, 0.15) is 42.9 Å². The highest BCUT2D eigenvalue weighted by Gasteiger charge is 2.29. The summed E-state index contributed by atoms with van der Waals surface area (Å²) >= 11 is 0. The Morgan fingerprint density at radius 1 is 0.844 bits per heavy atom. The van der Waals surface area contributed by atoms with Crippen molar-refractivity contribution in [3.05, 3.63) is 102 Å². The Labute approximate surface area is 193 Å². The predicted molar refractivity (Wildman–Crippen MR) is 130 cm³/mol. The molecule has 3 rings (SSSR count). The van der Waals surface area contributed by atoms with Gasteiger partial charge in [0.05, 0.1) is 10.5 Å². The average molecular weight is 452 g/mol. The molecule has 170 valence electrons. The summed E-state index contributed by atoms with van der Waals surface area (Å²) in [6.07, 6.45) is 0.922. The van der Waals surface area contributed by atoms with Gasteiger partial charge >= 0.3 is 0 Å². The zero-order chi connectivity index (χ0) is 23.2. The number of aryl methyl sites for hydroxylation is 1. The molecule has 5 heteroatoms. The molecule has 0 aliphatic heterocycles. The van der Waals surface area contributed by atoms with E-state index < -0.39 is 15.7 Å².